The van der Waals surface area contributed by atoms with Crippen molar-refractivity contribution in [1.29, 1.82) is 0 Å². The number of carbonyl (C=O) groups is 1. The minimum Gasteiger partial charge on any atom is -0.393 e. The van der Waals surface area contributed by atoms with E-state index in [1.165, 1.54) is 0 Å². The summed E-state index contributed by atoms with van der Waals surface area (Å²) in [6.07, 6.45) is 8.49. The quantitative estimate of drug-likeness (QED) is 0.801. The number of hydrogen-bond acceptors (Lipinski definition) is 4. The van der Waals surface area contributed by atoms with Crippen LogP contribution in [0, 0.1) is 5.92 Å². The van der Waals surface area contributed by atoms with Crippen molar-refractivity contribution in [3.05, 3.63) is 48.0 Å². The topological polar surface area (TPSA) is 80.0 Å². The number of amides is 1. The Hall–Kier alpha value is -2.21. The standard InChI is InChI=1S/C18H24N4O2/c1-22-15(6-9-20-22)2-3-18(24)21-17(14-11-16(23)12-14)10-13-4-7-19-8-5-13/h4-9,14,16-17,23H,2-3,10-12H2,1H3,(H,21,24)/t14?,16?,17-/m1/s1. The van der Waals surface area contributed by atoms with Crippen molar-refractivity contribution >= 4 is 5.91 Å². The van der Waals surface area contributed by atoms with E-state index in [1.54, 1.807) is 23.3 Å². The van der Waals surface area contributed by atoms with Crippen LogP contribution in [0.15, 0.2) is 36.8 Å². The van der Waals surface area contributed by atoms with Crippen LogP contribution in [0.5, 0.6) is 0 Å². The Balaban J connectivity index is 1.56. The molecule has 0 unspecified atom stereocenters. The first-order valence-corrected chi connectivity index (χ1v) is 8.45. The zero-order valence-electron chi connectivity index (χ0n) is 13.9. The molecule has 6 nitrogen and oxygen atoms in total. The number of nitrogens with zero attached hydrogens (tertiary/aromatic N) is 3. The summed E-state index contributed by atoms with van der Waals surface area (Å²) in [5.41, 5.74) is 2.21. The number of rotatable bonds is 7. The number of pyridine rings is 1. The fraction of sp³-hybridized carbons (Fsp3) is 0.500. The molecule has 2 heterocycles. The normalized spacial score (nSPS) is 21.1. The summed E-state index contributed by atoms with van der Waals surface area (Å²) in [6.45, 7) is 0. The third kappa shape index (κ3) is 4.20. The van der Waals surface area contributed by atoms with E-state index in [2.05, 4.69) is 15.4 Å². The van der Waals surface area contributed by atoms with Crippen LogP contribution in [0.3, 0.4) is 0 Å². The Labute approximate surface area is 141 Å². The van der Waals surface area contributed by atoms with Gasteiger partial charge in [-0.05, 0) is 55.4 Å². The lowest BCUT2D eigenvalue weighted by Crippen LogP contribution is -2.48. The van der Waals surface area contributed by atoms with E-state index >= 15 is 0 Å². The molecule has 0 radical (unpaired) electrons. The maximum Gasteiger partial charge on any atom is 0.220 e. The molecular formula is C18H24N4O2. The highest BCUT2D eigenvalue weighted by Gasteiger charge is 2.34. The van der Waals surface area contributed by atoms with Gasteiger partial charge in [0.2, 0.25) is 5.91 Å². The Morgan fingerprint density at radius 3 is 2.71 bits per heavy atom. The molecule has 1 amide bonds. The summed E-state index contributed by atoms with van der Waals surface area (Å²) in [5, 5.41) is 16.9. The fourth-order valence-corrected chi connectivity index (χ4v) is 3.23. The SMILES string of the molecule is Cn1nccc1CCC(=O)N[C@H](Cc1ccncc1)C1CC(O)C1. The minimum atomic E-state index is -0.221. The van der Waals surface area contributed by atoms with Gasteiger partial charge in [0.05, 0.1) is 6.10 Å². The first-order valence-electron chi connectivity index (χ1n) is 8.45. The van der Waals surface area contributed by atoms with Crippen molar-refractivity contribution in [3.8, 4) is 0 Å². The molecule has 128 valence electrons. The molecule has 0 saturated heterocycles. The molecular weight excluding hydrogens is 304 g/mol. The lowest BCUT2D eigenvalue weighted by atomic mass is 9.75. The van der Waals surface area contributed by atoms with E-state index in [4.69, 9.17) is 0 Å². The molecule has 1 aliphatic rings. The molecule has 0 aliphatic heterocycles. The second-order valence-corrected chi connectivity index (χ2v) is 6.57. The highest BCUT2D eigenvalue weighted by molar-refractivity contribution is 5.76. The number of carbonyl (C=O) groups excluding carboxylic acids is 1. The molecule has 0 spiro atoms. The molecule has 2 aromatic heterocycles. The van der Waals surface area contributed by atoms with E-state index in [1.807, 2.05) is 25.2 Å². The van der Waals surface area contributed by atoms with Gasteiger partial charge in [0, 0.05) is 43.8 Å². The predicted molar refractivity (Wildman–Crippen MR) is 90.1 cm³/mol. The number of aliphatic hydroxyl groups is 1. The van der Waals surface area contributed by atoms with Gasteiger partial charge in [0.15, 0.2) is 0 Å². The molecule has 24 heavy (non-hydrogen) atoms. The fourth-order valence-electron chi connectivity index (χ4n) is 3.23. The molecule has 1 atom stereocenters. The number of aromatic nitrogens is 3. The molecule has 6 heteroatoms. The van der Waals surface area contributed by atoms with Crippen molar-refractivity contribution in [2.24, 2.45) is 13.0 Å². The van der Waals surface area contributed by atoms with Gasteiger partial charge in [-0.3, -0.25) is 14.5 Å². The zero-order valence-corrected chi connectivity index (χ0v) is 13.9. The summed E-state index contributed by atoms with van der Waals surface area (Å²) >= 11 is 0. The van der Waals surface area contributed by atoms with Gasteiger partial charge in [-0.15, -0.1) is 0 Å². The number of aliphatic hydroxyl groups excluding tert-OH is 1. The highest BCUT2D eigenvalue weighted by Crippen LogP contribution is 2.31. The lowest BCUT2D eigenvalue weighted by molar-refractivity contribution is -0.122. The Bertz CT molecular complexity index is 665. The first-order chi connectivity index (χ1) is 11.6. The van der Waals surface area contributed by atoms with E-state index in [9.17, 15) is 9.90 Å². The van der Waals surface area contributed by atoms with Gasteiger partial charge in [0.1, 0.15) is 0 Å². The Morgan fingerprint density at radius 1 is 1.33 bits per heavy atom. The summed E-state index contributed by atoms with van der Waals surface area (Å²) in [4.78, 5) is 16.4. The summed E-state index contributed by atoms with van der Waals surface area (Å²) in [6, 6.07) is 5.95. The average Bonchev–Trinajstić information content (AvgIpc) is 2.95. The van der Waals surface area contributed by atoms with Crippen LogP contribution in [-0.2, 0) is 24.7 Å². The Morgan fingerprint density at radius 2 is 2.08 bits per heavy atom. The maximum atomic E-state index is 12.4. The van der Waals surface area contributed by atoms with Crippen molar-refractivity contribution in [2.45, 2.75) is 44.2 Å². The van der Waals surface area contributed by atoms with E-state index in [0.717, 1.165) is 30.5 Å². The van der Waals surface area contributed by atoms with Gasteiger partial charge in [-0.1, -0.05) is 0 Å². The van der Waals surface area contributed by atoms with E-state index in [-0.39, 0.29) is 18.1 Å². The van der Waals surface area contributed by atoms with Crippen molar-refractivity contribution < 1.29 is 9.90 Å². The van der Waals surface area contributed by atoms with Crippen molar-refractivity contribution in [2.75, 3.05) is 0 Å². The minimum absolute atomic E-state index is 0.0524. The second-order valence-electron chi connectivity index (χ2n) is 6.57. The largest absolute Gasteiger partial charge is 0.393 e. The second kappa shape index (κ2) is 7.57. The molecule has 2 N–H and O–H groups in total. The molecule has 1 aliphatic carbocycles. The van der Waals surface area contributed by atoms with Crippen LogP contribution in [0.4, 0.5) is 0 Å². The number of hydrogen-bond donors (Lipinski definition) is 2. The van der Waals surface area contributed by atoms with Crippen LogP contribution in [0.2, 0.25) is 0 Å². The van der Waals surface area contributed by atoms with Crippen LogP contribution in [0.25, 0.3) is 0 Å². The van der Waals surface area contributed by atoms with Crippen molar-refractivity contribution in [3.63, 3.8) is 0 Å². The van der Waals surface area contributed by atoms with Crippen LogP contribution < -0.4 is 5.32 Å². The number of aryl methyl sites for hydroxylation is 2. The maximum absolute atomic E-state index is 12.4. The molecule has 1 saturated carbocycles. The Kier molecular flexibility index (Phi) is 5.25. The van der Waals surface area contributed by atoms with Gasteiger partial charge in [-0.2, -0.15) is 5.10 Å². The first kappa shape index (κ1) is 16.6. The van der Waals surface area contributed by atoms with Crippen LogP contribution in [0.1, 0.15) is 30.5 Å². The van der Waals surface area contributed by atoms with Gasteiger partial charge in [-0.25, -0.2) is 0 Å². The van der Waals surface area contributed by atoms with Gasteiger partial charge >= 0.3 is 0 Å². The third-order valence-corrected chi connectivity index (χ3v) is 4.80. The van der Waals surface area contributed by atoms with E-state index in [0.29, 0.717) is 18.8 Å². The number of nitrogens with one attached hydrogen (secondary N) is 1. The molecule has 0 bridgehead atoms. The van der Waals surface area contributed by atoms with Crippen molar-refractivity contribution in [1.82, 2.24) is 20.1 Å². The van der Waals surface area contributed by atoms with Gasteiger partial charge in [0.25, 0.3) is 0 Å². The zero-order chi connectivity index (χ0) is 16.9. The third-order valence-electron chi connectivity index (χ3n) is 4.80. The smallest absolute Gasteiger partial charge is 0.220 e. The van der Waals surface area contributed by atoms with Gasteiger partial charge < -0.3 is 10.4 Å². The highest BCUT2D eigenvalue weighted by atomic mass is 16.3. The molecule has 0 aromatic carbocycles. The summed E-state index contributed by atoms with van der Waals surface area (Å²) in [7, 11) is 1.88. The summed E-state index contributed by atoms with van der Waals surface area (Å²) in [5.74, 6) is 0.394. The summed E-state index contributed by atoms with van der Waals surface area (Å²) < 4.78 is 1.80. The average molecular weight is 328 g/mol. The monoisotopic (exact) mass is 328 g/mol. The lowest BCUT2D eigenvalue weighted by Gasteiger charge is -2.38. The molecule has 1 fully saturated rings. The van der Waals surface area contributed by atoms with Crippen LogP contribution >= 0.6 is 0 Å². The van der Waals surface area contributed by atoms with E-state index < -0.39 is 0 Å². The molecule has 3 rings (SSSR count). The molecule has 2 aromatic rings. The predicted octanol–water partition coefficient (Wildman–Crippen LogP) is 1.25. The van der Waals surface area contributed by atoms with Crippen LogP contribution in [-0.4, -0.2) is 37.9 Å².